The first kappa shape index (κ1) is 10.8. The molecule has 0 saturated carbocycles. The summed E-state index contributed by atoms with van der Waals surface area (Å²) < 4.78 is 5.35. The average Bonchev–Trinajstić information content (AvgIpc) is 2.50. The summed E-state index contributed by atoms with van der Waals surface area (Å²) in [5.41, 5.74) is 0. The molecule has 1 rings (SSSR count). The number of carboxylic acids is 1. The Labute approximate surface area is 82.9 Å². The second-order valence-corrected chi connectivity index (χ2v) is 3.16. The highest BCUT2D eigenvalue weighted by molar-refractivity contribution is 5.66. The minimum Gasteiger partial charge on any atom is -0.481 e. The number of carboxylic acid groups (broad SMARTS) is 1. The standard InChI is InChI=1S/C10H15NO3/c1-8-2-3-9(14-8)4-6-11-7-5-10(12)13/h2-3,11H,4-7H2,1H3,(H,12,13). The van der Waals surface area contributed by atoms with Crippen molar-refractivity contribution in [2.24, 2.45) is 0 Å². The Morgan fingerprint density at radius 1 is 1.50 bits per heavy atom. The minimum atomic E-state index is -0.772. The second-order valence-electron chi connectivity index (χ2n) is 3.16. The second kappa shape index (κ2) is 5.44. The summed E-state index contributed by atoms with van der Waals surface area (Å²) in [6.45, 7) is 3.16. The Hall–Kier alpha value is -1.29. The Bertz CT molecular complexity index is 293. The van der Waals surface area contributed by atoms with Crippen molar-refractivity contribution in [1.29, 1.82) is 0 Å². The third-order valence-electron chi connectivity index (χ3n) is 1.86. The molecule has 0 aliphatic carbocycles. The number of nitrogens with one attached hydrogen (secondary N) is 1. The summed E-state index contributed by atoms with van der Waals surface area (Å²) >= 11 is 0. The zero-order valence-electron chi connectivity index (χ0n) is 8.25. The zero-order chi connectivity index (χ0) is 10.4. The lowest BCUT2D eigenvalue weighted by Gasteiger charge is -2.00. The van der Waals surface area contributed by atoms with Gasteiger partial charge in [-0.15, -0.1) is 0 Å². The molecule has 0 radical (unpaired) electrons. The molecule has 0 unspecified atom stereocenters. The normalized spacial score (nSPS) is 10.4. The van der Waals surface area contributed by atoms with Crippen LogP contribution < -0.4 is 5.32 Å². The van der Waals surface area contributed by atoms with E-state index in [1.54, 1.807) is 0 Å². The van der Waals surface area contributed by atoms with E-state index in [4.69, 9.17) is 9.52 Å². The summed E-state index contributed by atoms with van der Waals surface area (Å²) in [5.74, 6) is 1.07. The summed E-state index contributed by atoms with van der Waals surface area (Å²) in [5, 5.41) is 11.4. The van der Waals surface area contributed by atoms with Gasteiger partial charge in [0.1, 0.15) is 11.5 Å². The Morgan fingerprint density at radius 3 is 2.86 bits per heavy atom. The fraction of sp³-hybridized carbons (Fsp3) is 0.500. The molecular weight excluding hydrogens is 182 g/mol. The molecule has 0 aromatic carbocycles. The van der Waals surface area contributed by atoms with Gasteiger partial charge < -0.3 is 14.8 Å². The van der Waals surface area contributed by atoms with Crippen LogP contribution >= 0.6 is 0 Å². The van der Waals surface area contributed by atoms with E-state index < -0.39 is 5.97 Å². The lowest BCUT2D eigenvalue weighted by molar-refractivity contribution is -0.136. The van der Waals surface area contributed by atoms with Crippen molar-refractivity contribution < 1.29 is 14.3 Å². The highest BCUT2D eigenvalue weighted by Crippen LogP contribution is 2.05. The smallest absolute Gasteiger partial charge is 0.304 e. The summed E-state index contributed by atoms with van der Waals surface area (Å²) in [6, 6.07) is 3.86. The van der Waals surface area contributed by atoms with Gasteiger partial charge in [-0.3, -0.25) is 4.79 Å². The van der Waals surface area contributed by atoms with Crippen LogP contribution in [0.15, 0.2) is 16.5 Å². The van der Waals surface area contributed by atoms with Crippen LogP contribution in [0.1, 0.15) is 17.9 Å². The number of hydrogen-bond donors (Lipinski definition) is 2. The van der Waals surface area contributed by atoms with Crippen LogP contribution in [-0.2, 0) is 11.2 Å². The quantitative estimate of drug-likeness (QED) is 0.672. The van der Waals surface area contributed by atoms with Gasteiger partial charge in [0.05, 0.1) is 6.42 Å². The first-order valence-electron chi connectivity index (χ1n) is 4.66. The third kappa shape index (κ3) is 4.09. The van der Waals surface area contributed by atoms with Gasteiger partial charge in [-0.2, -0.15) is 0 Å². The fourth-order valence-electron chi connectivity index (χ4n) is 1.15. The molecule has 4 heteroatoms. The van der Waals surface area contributed by atoms with Gasteiger partial charge in [0.15, 0.2) is 0 Å². The number of carbonyl (C=O) groups is 1. The summed E-state index contributed by atoms with van der Waals surface area (Å²) in [6.07, 6.45) is 0.963. The van der Waals surface area contributed by atoms with Crippen molar-refractivity contribution in [2.75, 3.05) is 13.1 Å². The molecule has 0 bridgehead atoms. The van der Waals surface area contributed by atoms with E-state index in [9.17, 15) is 4.79 Å². The number of rotatable bonds is 6. The molecular formula is C10H15NO3. The molecule has 1 aromatic heterocycles. The molecule has 1 aromatic rings. The van der Waals surface area contributed by atoms with Gasteiger partial charge in [-0.05, 0) is 19.1 Å². The molecule has 0 saturated heterocycles. The zero-order valence-corrected chi connectivity index (χ0v) is 8.25. The van der Waals surface area contributed by atoms with E-state index in [0.717, 1.165) is 24.5 Å². The lowest BCUT2D eigenvalue weighted by atomic mass is 10.3. The van der Waals surface area contributed by atoms with Crippen molar-refractivity contribution in [3.8, 4) is 0 Å². The van der Waals surface area contributed by atoms with Crippen molar-refractivity contribution >= 4 is 5.97 Å². The maximum Gasteiger partial charge on any atom is 0.304 e. The molecule has 0 aliphatic rings. The monoisotopic (exact) mass is 197 g/mol. The molecule has 0 aliphatic heterocycles. The predicted molar refractivity (Wildman–Crippen MR) is 52.3 cm³/mol. The van der Waals surface area contributed by atoms with Crippen molar-refractivity contribution in [3.63, 3.8) is 0 Å². The SMILES string of the molecule is Cc1ccc(CCNCCC(=O)O)o1. The van der Waals surface area contributed by atoms with Crippen LogP contribution in [0.2, 0.25) is 0 Å². The molecule has 2 N–H and O–H groups in total. The topological polar surface area (TPSA) is 62.5 Å². The number of furan rings is 1. The van der Waals surface area contributed by atoms with Gasteiger partial charge in [0.2, 0.25) is 0 Å². The van der Waals surface area contributed by atoms with Gasteiger partial charge in [-0.25, -0.2) is 0 Å². The Kier molecular flexibility index (Phi) is 4.19. The van der Waals surface area contributed by atoms with E-state index in [-0.39, 0.29) is 6.42 Å². The van der Waals surface area contributed by atoms with E-state index in [0.29, 0.717) is 6.54 Å². The predicted octanol–water partition coefficient (Wildman–Crippen LogP) is 1.19. The van der Waals surface area contributed by atoms with Crippen molar-refractivity contribution in [3.05, 3.63) is 23.7 Å². The van der Waals surface area contributed by atoms with E-state index in [2.05, 4.69) is 5.32 Å². The summed E-state index contributed by atoms with van der Waals surface area (Å²) in [7, 11) is 0. The van der Waals surface area contributed by atoms with Gasteiger partial charge >= 0.3 is 5.97 Å². The largest absolute Gasteiger partial charge is 0.481 e. The van der Waals surface area contributed by atoms with Gasteiger partial charge in [-0.1, -0.05) is 0 Å². The molecule has 0 spiro atoms. The Balaban J connectivity index is 2.07. The molecule has 0 amide bonds. The summed E-state index contributed by atoms with van der Waals surface area (Å²) in [4.78, 5) is 10.2. The van der Waals surface area contributed by atoms with Crippen molar-refractivity contribution in [1.82, 2.24) is 5.32 Å². The Morgan fingerprint density at radius 2 is 2.29 bits per heavy atom. The van der Waals surface area contributed by atoms with Crippen LogP contribution in [0.3, 0.4) is 0 Å². The fourth-order valence-corrected chi connectivity index (χ4v) is 1.15. The van der Waals surface area contributed by atoms with E-state index in [1.165, 1.54) is 0 Å². The van der Waals surface area contributed by atoms with Crippen LogP contribution in [-0.4, -0.2) is 24.2 Å². The number of aliphatic carboxylic acids is 1. The molecule has 14 heavy (non-hydrogen) atoms. The molecule has 1 heterocycles. The third-order valence-corrected chi connectivity index (χ3v) is 1.86. The maximum atomic E-state index is 10.2. The van der Waals surface area contributed by atoms with Gasteiger partial charge in [0, 0.05) is 19.5 Å². The van der Waals surface area contributed by atoms with Crippen LogP contribution in [0.25, 0.3) is 0 Å². The number of aryl methyl sites for hydroxylation is 1. The van der Waals surface area contributed by atoms with Crippen LogP contribution in [0, 0.1) is 6.92 Å². The molecule has 0 fully saturated rings. The van der Waals surface area contributed by atoms with Crippen molar-refractivity contribution in [2.45, 2.75) is 19.8 Å². The first-order chi connectivity index (χ1) is 6.68. The minimum absolute atomic E-state index is 0.164. The maximum absolute atomic E-state index is 10.2. The molecule has 78 valence electrons. The number of hydrogen-bond acceptors (Lipinski definition) is 3. The van der Waals surface area contributed by atoms with E-state index in [1.807, 2.05) is 19.1 Å². The van der Waals surface area contributed by atoms with Gasteiger partial charge in [0.25, 0.3) is 0 Å². The molecule has 0 atom stereocenters. The average molecular weight is 197 g/mol. The van der Waals surface area contributed by atoms with Crippen LogP contribution in [0.5, 0.6) is 0 Å². The first-order valence-corrected chi connectivity index (χ1v) is 4.66. The lowest BCUT2D eigenvalue weighted by Crippen LogP contribution is -2.20. The highest BCUT2D eigenvalue weighted by Gasteiger charge is 1.98. The highest BCUT2D eigenvalue weighted by atomic mass is 16.4. The van der Waals surface area contributed by atoms with E-state index >= 15 is 0 Å². The van der Waals surface area contributed by atoms with Crippen LogP contribution in [0.4, 0.5) is 0 Å². The molecule has 4 nitrogen and oxygen atoms in total.